The molecule has 4 aromatic rings. The largest absolute Gasteiger partial charge is 0.497 e. The van der Waals surface area contributed by atoms with E-state index in [2.05, 4.69) is 20.6 Å². The lowest BCUT2D eigenvalue weighted by molar-refractivity contribution is -0.113. The molecule has 0 spiro atoms. The van der Waals surface area contributed by atoms with Crippen LogP contribution in [-0.2, 0) is 4.79 Å². The fourth-order valence-corrected chi connectivity index (χ4v) is 4.38. The Labute approximate surface area is 185 Å². The molecule has 2 heterocycles. The van der Waals surface area contributed by atoms with E-state index < -0.39 is 0 Å². The first-order valence-corrected chi connectivity index (χ1v) is 10.9. The Kier molecular flexibility index (Phi) is 6.14. The van der Waals surface area contributed by atoms with Gasteiger partial charge in [-0.3, -0.25) is 9.59 Å². The van der Waals surface area contributed by atoms with Gasteiger partial charge in [0.2, 0.25) is 10.9 Å². The summed E-state index contributed by atoms with van der Waals surface area (Å²) in [6.45, 7) is 0. The molecule has 158 valence electrons. The molecule has 0 bridgehead atoms. The lowest BCUT2D eigenvalue weighted by atomic mass is 10.1. The number of methoxy groups -OCH3 is 2. The molecule has 0 saturated heterocycles. The molecular weight excluding hydrogens is 438 g/mol. The molecule has 0 radical (unpaired) electrons. The van der Waals surface area contributed by atoms with Crippen LogP contribution in [0.1, 0.15) is 0 Å². The molecule has 0 fully saturated rings. The molecule has 0 aliphatic rings. The van der Waals surface area contributed by atoms with Gasteiger partial charge in [-0.1, -0.05) is 29.2 Å². The third-order valence-corrected chi connectivity index (χ3v) is 6.25. The van der Waals surface area contributed by atoms with Gasteiger partial charge in [0.15, 0.2) is 10.0 Å². The molecule has 31 heavy (non-hydrogen) atoms. The number of fused-ring (bicyclic) bond motifs is 1. The first-order valence-electron chi connectivity index (χ1n) is 9.05. The second-order valence-corrected chi connectivity index (χ2v) is 8.39. The zero-order chi connectivity index (χ0) is 21.8. The summed E-state index contributed by atoms with van der Waals surface area (Å²) in [5.41, 5.74) is 1.07. The summed E-state index contributed by atoms with van der Waals surface area (Å²) in [5, 5.41) is 15.3. The number of carbonyl (C=O) groups is 1. The van der Waals surface area contributed by atoms with Crippen molar-refractivity contribution in [3.63, 3.8) is 0 Å². The molecule has 1 N–H and O–H groups in total. The molecule has 4 rings (SSSR count). The Morgan fingerprint density at radius 2 is 1.87 bits per heavy atom. The summed E-state index contributed by atoms with van der Waals surface area (Å²) < 4.78 is 12.0. The van der Waals surface area contributed by atoms with Gasteiger partial charge < -0.3 is 14.8 Å². The highest BCUT2D eigenvalue weighted by molar-refractivity contribution is 8.01. The maximum Gasteiger partial charge on any atom is 0.302 e. The molecule has 1 amide bonds. The molecule has 0 unspecified atom stereocenters. The zero-order valence-corrected chi connectivity index (χ0v) is 18.2. The summed E-state index contributed by atoms with van der Waals surface area (Å²) in [7, 11) is 3.13. The van der Waals surface area contributed by atoms with Crippen LogP contribution in [0.2, 0.25) is 0 Å². The lowest BCUT2D eigenvalue weighted by Gasteiger charge is -2.06. The van der Waals surface area contributed by atoms with E-state index in [-0.39, 0.29) is 22.9 Å². The van der Waals surface area contributed by atoms with Gasteiger partial charge in [-0.25, -0.2) is 0 Å². The number of hydrogen-bond donors (Lipinski definition) is 1. The number of hydrogen-bond acceptors (Lipinski definition) is 9. The van der Waals surface area contributed by atoms with E-state index in [0.717, 1.165) is 0 Å². The SMILES string of the molecule is COc1ccc(-c2nnc3sc(SCC(=O)Nc4cccc(OC)c4)nn3c2=O)cc1. The van der Waals surface area contributed by atoms with Gasteiger partial charge >= 0.3 is 5.56 Å². The highest BCUT2D eigenvalue weighted by atomic mass is 32.2. The Hall–Kier alpha value is -3.44. The Morgan fingerprint density at radius 1 is 1.10 bits per heavy atom. The summed E-state index contributed by atoms with van der Waals surface area (Å²) in [6.07, 6.45) is 0. The van der Waals surface area contributed by atoms with Gasteiger partial charge in [-0.2, -0.15) is 4.52 Å². The van der Waals surface area contributed by atoms with Gasteiger partial charge in [0.05, 0.1) is 20.0 Å². The molecule has 0 saturated carbocycles. The van der Waals surface area contributed by atoms with Crippen LogP contribution in [0.5, 0.6) is 11.5 Å². The van der Waals surface area contributed by atoms with Crippen LogP contribution < -0.4 is 20.3 Å². The lowest BCUT2D eigenvalue weighted by Crippen LogP contribution is -2.19. The minimum atomic E-state index is -0.376. The molecule has 0 aliphatic heterocycles. The minimum Gasteiger partial charge on any atom is -0.497 e. The number of carbonyl (C=O) groups excluding carboxylic acids is 1. The van der Waals surface area contributed by atoms with Crippen LogP contribution in [0.25, 0.3) is 16.2 Å². The van der Waals surface area contributed by atoms with Crippen molar-refractivity contribution in [3.05, 3.63) is 58.9 Å². The zero-order valence-electron chi connectivity index (χ0n) is 16.6. The highest BCUT2D eigenvalue weighted by Gasteiger charge is 2.15. The van der Waals surface area contributed by atoms with E-state index in [9.17, 15) is 9.59 Å². The number of benzene rings is 2. The van der Waals surface area contributed by atoms with Crippen LogP contribution in [0, 0.1) is 0 Å². The van der Waals surface area contributed by atoms with Crippen molar-refractivity contribution in [1.82, 2.24) is 19.8 Å². The van der Waals surface area contributed by atoms with E-state index >= 15 is 0 Å². The van der Waals surface area contributed by atoms with E-state index in [4.69, 9.17) is 9.47 Å². The van der Waals surface area contributed by atoms with Gasteiger partial charge in [0.1, 0.15) is 11.5 Å². The van der Waals surface area contributed by atoms with Gasteiger partial charge in [0.25, 0.3) is 0 Å². The quantitative estimate of drug-likeness (QED) is 0.424. The van der Waals surface area contributed by atoms with E-state index in [0.29, 0.717) is 32.1 Å². The maximum atomic E-state index is 12.8. The summed E-state index contributed by atoms with van der Waals surface area (Å²) in [5.74, 6) is 1.26. The number of rotatable bonds is 7. The number of nitrogens with one attached hydrogen (secondary N) is 1. The number of thioether (sulfide) groups is 1. The van der Waals surface area contributed by atoms with Crippen molar-refractivity contribution in [1.29, 1.82) is 0 Å². The molecule has 0 atom stereocenters. The van der Waals surface area contributed by atoms with Crippen LogP contribution in [0.4, 0.5) is 5.69 Å². The Bertz CT molecular complexity index is 1290. The van der Waals surface area contributed by atoms with Crippen molar-refractivity contribution in [2.24, 2.45) is 0 Å². The van der Waals surface area contributed by atoms with Gasteiger partial charge in [-0.05, 0) is 36.4 Å². The third-order valence-electron chi connectivity index (χ3n) is 4.22. The number of amides is 1. The molecule has 0 aliphatic carbocycles. The number of ether oxygens (including phenoxy) is 2. The van der Waals surface area contributed by atoms with E-state index in [1.807, 2.05) is 0 Å². The number of aromatic nitrogens is 4. The second-order valence-electron chi connectivity index (χ2n) is 6.21. The maximum absolute atomic E-state index is 12.8. The summed E-state index contributed by atoms with van der Waals surface area (Å²) in [4.78, 5) is 25.4. The average molecular weight is 456 g/mol. The van der Waals surface area contributed by atoms with Gasteiger partial charge in [0, 0.05) is 17.3 Å². The van der Waals surface area contributed by atoms with Crippen LogP contribution in [-0.4, -0.2) is 45.7 Å². The smallest absolute Gasteiger partial charge is 0.302 e. The first-order chi connectivity index (χ1) is 15.1. The predicted octanol–water partition coefficient (Wildman–Crippen LogP) is 2.96. The fourth-order valence-electron chi connectivity index (χ4n) is 2.71. The summed E-state index contributed by atoms with van der Waals surface area (Å²) >= 11 is 2.42. The molecule has 9 nitrogen and oxygen atoms in total. The summed E-state index contributed by atoms with van der Waals surface area (Å²) in [6, 6.07) is 14.1. The fraction of sp³-hybridized carbons (Fsp3) is 0.150. The Morgan fingerprint density at radius 3 is 2.61 bits per heavy atom. The van der Waals surface area contributed by atoms with E-state index in [1.165, 1.54) is 27.6 Å². The predicted molar refractivity (Wildman–Crippen MR) is 119 cm³/mol. The number of anilines is 1. The normalized spacial score (nSPS) is 10.8. The van der Waals surface area contributed by atoms with E-state index in [1.54, 1.807) is 62.8 Å². The molecule has 11 heteroatoms. The third kappa shape index (κ3) is 4.67. The van der Waals surface area contributed by atoms with Crippen molar-refractivity contribution < 1.29 is 14.3 Å². The Balaban J connectivity index is 1.48. The monoisotopic (exact) mass is 455 g/mol. The van der Waals surface area contributed by atoms with Crippen molar-refractivity contribution >= 4 is 39.7 Å². The average Bonchev–Trinajstić information content (AvgIpc) is 3.22. The second kappa shape index (κ2) is 9.14. The minimum absolute atomic E-state index is 0.130. The standard InChI is InChI=1S/C20H17N5O4S2/c1-28-14-8-6-12(7-9-14)17-18(27)25-19(23-22-17)31-20(24-25)30-11-16(26)21-13-4-3-5-15(10-13)29-2/h3-10H,11H2,1-2H3,(H,21,26). The molecular formula is C20H17N5O4S2. The topological polar surface area (TPSA) is 108 Å². The van der Waals surface area contributed by atoms with Crippen molar-refractivity contribution in [2.75, 3.05) is 25.3 Å². The highest BCUT2D eigenvalue weighted by Crippen LogP contribution is 2.25. The molecule has 2 aromatic carbocycles. The van der Waals surface area contributed by atoms with Crippen LogP contribution in [0.3, 0.4) is 0 Å². The van der Waals surface area contributed by atoms with Crippen LogP contribution in [0.15, 0.2) is 57.7 Å². The molecule has 2 aromatic heterocycles. The van der Waals surface area contributed by atoms with Crippen LogP contribution >= 0.6 is 23.1 Å². The first kappa shape index (κ1) is 20.8. The van der Waals surface area contributed by atoms with Crippen molar-refractivity contribution in [2.45, 2.75) is 4.34 Å². The van der Waals surface area contributed by atoms with Crippen molar-refractivity contribution in [3.8, 4) is 22.8 Å². The van der Waals surface area contributed by atoms with Gasteiger partial charge in [-0.15, -0.1) is 15.3 Å². The number of nitrogens with zero attached hydrogens (tertiary/aromatic N) is 4.